The third-order valence-electron chi connectivity index (χ3n) is 16.5. The van der Waals surface area contributed by atoms with Crippen LogP contribution >= 0.6 is 0 Å². The van der Waals surface area contributed by atoms with Crippen LogP contribution in [0, 0.1) is 65.0 Å². The highest BCUT2D eigenvalue weighted by Gasteiger charge is 2.83. The normalized spacial score (nSPS) is 49.9. The van der Waals surface area contributed by atoms with Gasteiger partial charge in [-0.2, -0.15) is 0 Å². The number of hydrogen-bond donors (Lipinski definition) is 2. The minimum Gasteiger partial charge on any atom is -0.481 e. The maximum absolute atomic E-state index is 13.7. The number of carboxylic acid groups (broad SMARTS) is 2. The van der Waals surface area contributed by atoms with Crippen LogP contribution in [-0.2, 0) is 9.59 Å². The summed E-state index contributed by atoms with van der Waals surface area (Å²) in [4.78, 5) is 27.4. The Kier molecular flexibility index (Phi) is 5.64. The molecule has 8 aliphatic rings. The molecule has 8 fully saturated rings. The summed E-state index contributed by atoms with van der Waals surface area (Å²) in [7, 11) is 0. The fourth-order valence-electron chi connectivity index (χ4n) is 14.0. The molecule has 8 saturated carbocycles. The fraction of sp³-hybridized carbons (Fsp3) is 0.947. The van der Waals surface area contributed by atoms with Crippen molar-refractivity contribution in [1.29, 1.82) is 0 Å². The molecule has 0 aliphatic heterocycles. The zero-order valence-electron chi connectivity index (χ0n) is 29.2. The van der Waals surface area contributed by atoms with Crippen LogP contribution in [-0.4, -0.2) is 22.2 Å². The van der Waals surface area contributed by atoms with Crippen LogP contribution in [0.1, 0.15) is 160 Å². The molecule has 4 heteroatoms. The summed E-state index contributed by atoms with van der Waals surface area (Å²) in [6.45, 7) is 28.6. The van der Waals surface area contributed by atoms with Crippen molar-refractivity contribution in [3.05, 3.63) is 0 Å². The monoisotopic (exact) mass is 582 g/mol. The molecular weight excluding hydrogens is 520 g/mol. The number of carboxylic acids is 2. The van der Waals surface area contributed by atoms with Gasteiger partial charge in [0.15, 0.2) is 0 Å². The molecule has 4 atom stereocenters. The molecule has 42 heavy (non-hydrogen) atoms. The van der Waals surface area contributed by atoms with Crippen LogP contribution < -0.4 is 0 Å². The van der Waals surface area contributed by atoms with E-state index in [1.807, 2.05) is 0 Å². The average molecular weight is 583 g/mol. The SMILES string of the molecule is CC(C)(C)C12CC3(C(=O)O)CC(C(C)(C)C)(C1)CC(C14CC5(C(=O)O)CC(C(C)(C)C)(CC(C(C)(C)C)(C5)C1)C4)(C3)C2. The summed E-state index contributed by atoms with van der Waals surface area (Å²) in [5, 5.41) is 22.5. The average Bonchev–Trinajstić information content (AvgIpc) is 2.74. The van der Waals surface area contributed by atoms with Gasteiger partial charge in [0.2, 0.25) is 0 Å². The second kappa shape index (κ2) is 7.66. The summed E-state index contributed by atoms with van der Waals surface area (Å²) in [5.41, 5.74) is -2.08. The van der Waals surface area contributed by atoms with Gasteiger partial charge in [0.1, 0.15) is 0 Å². The zero-order chi connectivity index (χ0) is 31.6. The van der Waals surface area contributed by atoms with Gasteiger partial charge in [-0.05, 0) is 131 Å². The van der Waals surface area contributed by atoms with Gasteiger partial charge in [-0.3, -0.25) is 9.59 Å². The Balaban J connectivity index is 1.68. The molecule has 0 radical (unpaired) electrons. The van der Waals surface area contributed by atoms with E-state index in [4.69, 9.17) is 0 Å². The molecule has 0 aromatic carbocycles. The lowest BCUT2D eigenvalue weighted by molar-refractivity contribution is -0.341. The van der Waals surface area contributed by atoms with Gasteiger partial charge in [-0.15, -0.1) is 0 Å². The third-order valence-corrected chi connectivity index (χ3v) is 16.5. The summed E-state index contributed by atoms with van der Waals surface area (Å²) in [5.74, 6) is -1.16. The molecule has 8 bridgehead atoms. The molecule has 0 aromatic heterocycles. The quantitative estimate of drug-likeness (QED) is 0.347. The number of carbonyl (C=O) groups is 2. The van der Waals surface area contributed by atoms with Gasteiger partial charge in [0, 0.05) is 0 Å². The van der Waals surface area contributed by atoms with E-state index in [1.165, 1.54) is 0 Å². The Morgan fingerprint density at radius 2 is 0.595 bits per heavy atom. The summed E-state index contributed by atoms with van der Waals surface area (Å²) >= 11 is 0. The lowest BCUT2D eigenvalue weighted by atomic mass is 9.20. The second-order valence-corrected chi connectivity index (χ2v) is 22.0. The van der Waals surface area contributed by atoms with E-state index in [-0.39, 0.29) is 54.1 Å². The Labute approximate surface area is 256 Å². The molecule has 4 unspecified atom stereocenters. The Morgan fingerprint density at radius 1 is 0.381 bits per heavy atom. The highest BCUT2D eigenvalue weighted by atomic mass is 16.4. The highest BCUT2D eigenvalue weighted by molar-refractivity contribution is 5.77. The van der Waals surface area contributed by atoms with E-state index < -0.39 is 22.8 Å². The molecule has 8 rings (SSSR count). The molecule has 238 valence electrons. The molecule has 0 heterocycles. The number of rotatable bonds is 3. The van der Waals surface area contributed by atoms with E-state index >= 15 is 0 Å². The molecule has 0 spiro atoms. The molecule has 0 aromatic rings. The van der Waals surface area contributed by atoms with Crippen molar-refractivity contribution >= 4 is 11.9 Å². The molecule has 0 amide bonds. The standard InChI is InChI=1S/C38H62O4/c1-27(2,3)33-13-31(25(39)40)14-34(19-33,28(4,5)6)22-37(17-31,21-33)38-18-32(26(41)42)15-35(23-38,29(7,8)9)20-36(16-32,24-38)30(10,11)12/h13-24H2,1-12H3,(H,39,40)(H,41,42). The number of aliphatic carboxylic acids is 2. The molecule has 2 N–H and O–H groups in total. The van der Waals surface area contributed by atoms with Crippen LogP contribution in [0.5, 0.6) is 0 Å². The first-order chi connectivity index (χ1) is 18.6. The Morgan fingerprint density at radius 3 is 0.762 bits per heavy atom. The largest absolute Gasteiger partial charge is 0.481 e. The lowest BCUT2D eigenvalue weighted by Gasteiger charge is -2.83. The maximum atomic E-state index is 13.7. The first-order valence-corrected chi connectivity index (χ1v) is 17.1. The van der Waals surface area contributed by atoms with Crippen LogP contribution in [0.15, 0.2) is 0 Å². The van der Waals surface area contributed by atoms with Crippen LogP contribution in [0.25, 0.3) is 0 Å². The fourth-order valence-corrected chi connectivity index (χ4v) is 14.0. The molecule has 8 aliphatic carbocycles. The van der Waals surface area contributed by atoms with Crippen molar-refractivity contribution in [3.8, 4) is 0 Å². The number of hydrogen-bond acceptors (Lipinski definition) is 2. The summed E-state index contributed by atoms with van der Waals surface area (Å²) < 4.78 is 0. The highest BCUT2D eigenvalue weighted by Crippen LogP contribution is 2.89. The Bertz CT molecular complexity index is 1070. The third kappa shape index (κ3) is 3.42. The predicted molar refractivity (Wildman–Crippen MR) is 168 cm³/mol. The zero-order valence-corrected chi connectivity index (χ0v) is 29.2. The van der Waals surface area contributed by atoms with Crippen molar-refractivity contribution in [2.24, 2.45) is 65.0 Å². The van der Waals surface area contributed by atoms with Crippen LogP contribution in [0.3, 0.4) is 0 Å². The van der Waals surface area contributed by atoms with Gasteiger partial charge >= 0.3 is 11.9 Å². The van der Waals surface area contributed by atoms with Crippen molar-refractivity contribution in [2.45, 2.75) is 160 Å². The minimum atomic E-state index is -0.723. The minimum absolute atomic E-state index is 0.0209. The van der Waals surface area contributed by atoms with E-state index in [0.29, 0.717) is 0 Å². The molecule has 0 saturated heterocycles. The lowest BCUT2D eigenvalue weighted by Crippen LogP contribution is -2.76. The van der Waals surface area contributed by atoms with Crippen molar-refractivity contribution < 1.29 is 19.8 Å². The van der Waals surface area contributed by atoms with Crippen LogP contribution in [0.2, 0.25) is 0 Å². The predicted octanol–water partition coefficient (Wildman–Crippen LogP) is 9.99. The topological polar surface area (TPSA) is 74.6 Å². The van der Waals surface area contributed by atoms with Crippen LogP contribution in [0.4, 0.5) is 0 Å². The van der Waals surface area contributed by atoms with Crippen molar-refractivity contribution in [2.75, 3.05) is 0 Å². The van der Waals surface area contributed by atoms with Gasteiger partial charge in [0.25, 0.3) is 0 Å². The van der Waals surface area contributed by atoms with Crippen molar-refractivity contribution in [1.82, 2.24) is 0 Å². The van der Waals surface area contributed by atoms with E-state index in [0.717, 1.165) is 77.0 Å². The van der Waals surface area contributed by atoms with E-state index in [2.05, 4.69) is 83.1 Å². The smallest absolute Gasteiger partial charge is 0.309 e. The first kappa shape index (κ1) is 30.9. The summed E-state index contributed by atoms with van der Waals surface area (Å²) in [6.07, 6.45) is 11.2. The van der Waals surface area contributed by atoms with Gasteiger partial charge in [-0.25, -0.2) is 0 Å². The second-order valence-electron chi connectivity index (χ2n) is 22.0. The van der Waals surface area contributed by atoms with Crippen molar-refractivity contribution in [3.63, 3.8) is 0 Å². The van der Waals surface area contributed by atoms with Gasteiger partial charge < -0.3 is 10.2 Å². The van der Waals surface area contributed by atoms with E-state index in [1.54, 1.807) is 0 Å². The van der Waals surface area contributed by atoms with Gasteiger partial charge in [0.05, 0.1) is 10.8 Å². The molecular formula is C38H62O4. The van der Waals surface area contributed by atoms with Gasteiger partial charge in [-0.1, -0.05) is 83.1 Å². The Hall–Kier alpha value is -1.06. The molecule has 4 nitrogen and oxygen atoms in total. The maximum Gasteiger partial charge on any atom is 0.309 e. The first-order valence-electron chi connectivity index (χ1n) is 17.1. The van der Waals surface area contributed by atoms with E-state index in [9.17, 15) is 19.8 Å². The summed E-state index contributed by atoms with van der Waals surface area (Å²) in [6, 6.07) is 0.